The SMILES string of the molecule is CNC(C)c1ccc(OCc2cc(Cl)ccc2Cl)c(C)c1. The number of halogens is 2. The Bertz CT molecular complexity index is 628. The van der Waals surface area contributed by atoms with Gasteiger partial charge in [-0.05, 0) is 56.3 Å². The maximum absolute atomic E-state index is 6.14. The van der Waals surface area contributed by atoms with E-state index in [2.05, 4.69) is 24.4 Å². The van der Waals surface area contributed by atoms with E-state index >= 15 is 0 Å². The van der Waals surface area contributed by atoms with Crippen LogP contribution in [0.1, 0.15) is 29.7 Å². The van der Waals surface area contributed by atoms with Gasteiger partial charge in [-0.1, -0.05) is 35.3 Å². The van der Waals surface area contributed by atoms with Gasteiger partial charge in [-0.2, -0.15) is 0 Å². The Hall–Kier alpha value is -1.22. The summed E-state index contributed by atoms with van der Waals surface area (Å²) in [5, 5.41) is 4.55. The van der Waals surface area contributed by atoms with Crippen molar-refractivity contribution in [3.05, 3.63) is 63.1 Å². The summed E-state index contributed by atoms with van der Waals surface area (Å²) < 4.78 is 5.86. The van der Waals surface area contributed by atoms with Crippen LogP contribution in [-0.2, 0) is 6.61 Å². The Morgan fingerprint density at radius 1 is 1.14 bits per heavy atom. The fourth-order valence-corrected chi connectivity index (χ4v) is 2.45. The van der Waals surface area contributed by atoms with Gasteiger partial charge in [0.2, 0.25) is 0 Å². The fourth-order valence-electron chi connectivity index (χ4n) is 2.08. The Labute approximate surface area is 136 Å². The smallest absolute Gasteiger partial charge is 0.122 e. The van der Waals surface area contributed by atoms with Gasteiger partial charge in [0.05, 0.1) is 0 Å². The zero-order chi connectivity index (χ0) is 15.4. The lowest BCUT2D eigenvalue weighted by Crippen LogP contribution is -2.12. The Balaban J connectivity index is 2.11. The highest BCUT2D eigenvalue weighted by atomic mass is 35.5. The molecule has 0 saturated heterocycles. The lowest BCUT2D eigenvalue weighted by Gasteiger charge is -2.15. The molecule has 0 bridgehead atoms. The van der Waals surface area contributed by atoms with Gasteiger partial charge in [-0.3, -0.25) is 0 Å². The number of hydrogen-bond donors (Lipinski definition) is 1. The van der Waals surface area contributed by atoms with Crippen LogP contribution < -0.4 is 10.1 Å². The second kappa shape index (κ2) is 7.17. The second-order valence-electron chi connectivity index (χ2n) is 5.06. The van der Waals surface area contributed by atoms with Crippen LogP contribution in [0, 0.1) is 6.92 Å². The van der Waals surface area contributed by atoms with Crippen molar-refractivity contribution in [2.75, 3.05) is 7.05 Å². The number of ether oxygens (including phenoxy) is 1. The predicted molar refractivity (Wildman–Crippen MR) is 89.4 cm³/mol. The van der Waals surface area contributed by atoms with Crippen LogP contribution in [-0.4, -0.2) is 7.05 Å². The monoisotopic (exact) mass is 323 g/mol. The molecular weight excluding hydrogens is 305 g/mol. The molecule has 112 valence electrons. The van der Waals surface area contributed by atoms with E-state index in [-0.39, 0.29) is 0 Å². The van der Waals surface area contributed by atoms with Crippen LogP contribution in [0.5, 0.6) is 5.75 Å². The summed E-state index contributed by atoms with van der Waals surface area (Å²) in [6.07, 6.45) is 0. The van der Waals surface area contributed by atoms with Crippen molar-refractivity contribution in [2.24, 2.45) is 0 Å². The molecule has 0 aromatic heterocycles. The van der Waals surface area contributed by atoms with Crippen molar-refractivity contribution in [1.82, 2.24) is 5.32 Å². The molecule has 0 radical (unpaired) electrons. The van der Waals surface area contributed by atoms with E-state index in [1.54, 1.807) is 12.1 Å². The minimum Gasteiger partial charge on any atom is -0.489 e. The third kappa shape index (κ3) is 4.13. The lowest BCUT2D eigenvalue weighted by atomic mass is 10.1. The molecule has 1 N–H and O–H groups in total. The van der Waals surface area contributed by atoms with E-state index in [9.17, 15) is 0 Å². The normalized spacial score (nSPS) is 12.2. The Morgan fingerprint density at radius 2 is 1.90 bits per heavy atom. The van der Waals surface area contributed by atoms with Gasteiger partial charge in [-0.25, -0.2) is 0 Å². The molecule has 1 atom stereocenters. The molecule has 2 aromatic carbocycles. The topological polar surface area (TPSA) is 21.3 Å². The predicted octanol–water partition coefficient (Wildman–Crippen LogP) is 5.16. The fraction of sp³-hybridized carbons (Fsp3) is 0.294. The third-order valence-electron chi connectivity index (χ3n) is 3.52. The van der Waals surface area contributed by atoms with Gasteiger partial charge in [0, 0.05) is 21.7 Å². The van der Waals surface area contributed by atoms with Gasteiger partial charge in [-0.15, -0.1) is 0 Å². The highest BCUT2D eigenvalue weighted by Crippen LogP contribution is 2.26. The van der Waals surface area contributed by atoms with Crippen LogP contribution in [0.2, 0.25) is 10.0 Å². The molecule has 21 heavy (non-hydrogen) atoms. The molecule has 0 aliphatic heterocycles. The second-order valence-corrected chi connectivity index (χ2v) is 5.90. The summed E-state index contributed by atoms with van der Waals surface area (Å²) in [7, 11) is 1.95. The molecule has 1 unspecified atom stereocenters. The molecule has 0 spiro atoms. The van der Waals surface area contributed by atoms with E-state index in [1.165, 1.54) is 5.56 Å². The highest BCUT2D eigenvalue weighted by Gasteiger charge is 2.08. The number of nitrogens with one attached hydrogen (secondary N) is 1. The summed E-state index contributed by atoms with van der Waals surface area (Å²) in [5.74, 6) is 0.859. The summed E-state index contributed by atoms with van der Waals surface area (Å²) in [4.78, 5) is 0. The zero-order valence-electron chi connectivity index (χ0n) is 12.4. The number of hydrogen-bond acceptors (Lipinski definition) is 2. The van der Waals surface area contributed by atoms with Gasteiger partial charge in [0.15, 0.2) is 0 Å². The minimum absolute atomic E-state index is 0.320. The maximum Gasteiger partial charge on any atom is 0.122 e. The highest BCUT2D eigenvalue weighted by molar-refractivity contribution is 6.33. The first-order chi connectivity index (χ1) is 10.0. The Morgan fingerprint density at radius 3 is 2.57 bits per heavy atom. The Kier molecular flexibility index (Phi) is 5.51. The summed E-state index contributed by atoms with van der Waals surface area (Å²) in [6.45, 7) is 4.57. The van der Waals surface area contributed by atoms with E-state index in [0.29, 0.717) is 22.7 Å². The van der Waals surface area contributed by atoms with Crippen LogP contribution in [0.15, 0.2) is 36.4 Å². The molecule has 4 heteroatoms. The van der Waals surface area contributed by atoms with Crippen molar-refractivity contribution in [2.45, 2.75) is 26.5 Å². The van der Waals surface area contributed by atoms with Gasteiger partial charge < -0.3 is 10.1 Å². The molecular formula is C17H19Cl2NO. The zero-order valence-corrected chi connectivity index (χ0v) is 13.9. The average molecular weight is 324 g/mol. The van der Waals surface area contributed by atoms with Gasteiger partial charge in [0.25, 0.3) is 0 Å². The van der Waals surface area contributed by atoms with Crippen molar-refractivity contribution >= 4 is 23.2 Å². The molecule has 0 aliphatic carbocycles. The number of aryl methyl sites for hydroxylation is 1. The standard InChI is InChI=1S/C17H19Cl2NO/c1-11-8-13(12(2)20-3)4-7-17(11)21-10-14-9-15(18)5-6-16(14)19/h4-9,12,20H,10H2,1-3H3. The van der Waals surface area contributed by atoms with Crippen LogP contribution >= 0.6 is 23.2 Å². The van der Waals surface area contributed by atoms with E-state index < -0.39 is 0 Å². The van der Waals surface area contributed by atoms with Gasteiger partial charge >= 0.3 is 0 Å². The molecule has 2 rings (SSSR count). The molecule has 2 aromatic rings. The molecule has 0 amide bonds. The molecule has 0 aliphatic rings. The van der Waals surface area contributed by atoms with Crippen molar-refractivity contribution in [3.63, 3.8) is 0 Å². The number of rotatable bonds is 5. The summed E-state index contributed by atoms with van der Waals surface area (Å²) in [5.41, 5.74) is 3.23. The van der Waals surface area contributed by atoms with E-state index in [1.807, 2.05) is 26.1 Å². The van der Waals surface area contributed by atoms with E-state index in [0.717, 1.165) is 16.9 Å². The van der Waals surface area contributed by atoms with Crippen molar-refractivity contribution in [3.8, 4) is 5.75 Å². The first-order valence-corrected chi connectivity index (χ1v) is 7.61. The van der Waals surface area contributed by atoms with Gasteiger partial charge in [0.1, 0.15) is 12.4 Å². The van der Waals surface area contributed by atoms with E-state index in [4.69, 9.17) is 27.9 Å². The third-order valence-corrected chi connectivity index (χ3v) is 4.13. The van der Waals surface area contributed by atoms with Crippen molar-refractivity contribution in [1.29, 1.82) is 0 Å². The van der Waals surface area contributed by atoms with Crippen LogP contribution in [0.3, 0.4) is 0 Å². The molecule has 0 heterocycles. The molecule has 0 saturated carbocycles. The van der Waals surface area contributed by atoms with Crippen molar-refractivity contribution < 1.29 is 4.74 Å². The quantitative estimate of drug-likeness (QED) is 0.820. The molecule has 0 fully saturated rings. The minimum atomic E-state index is 0.320. The molecule has 2 nitrogen and oxygen atoms in total. The average Bonchev–Trinajstić information content (AvgIpc) is 2.48. The lowest BCUT2D eigenvalue weighted by molar-refractivity contribution is 0.304. The largest absolute Gasteiger partial charge is 0.489 e. The van der Waals surface area contributed by atoms with Crippen LogP contribution in [0.4, 0.5) is 0 Å². The first kappa shape index (κ1) is 16.2. The first-order valence-electron chi connectivity index (χ1n) is 6.86. The summed E-state index contributed by atoms with van der Waals surface area (Å²) in [6, 6.07) is 11.9. The van der Waals surface area contributed by atoms with Crippen LogP contribution in [0.25, 0.3) is 0 Å². The maximum atomic E-state index is 6.14. The number of benzene rings is 2. The summed E-state index contributed by atoms with van der Waals surface area (Å²) >= 11 is 12.1.